The number of hydrogen-bond donors (Lipinski definition) is 0. The minimum Gasteiger partial charge on any atom is -0.471 e. The molecule has 1 heterocycles. The number of nitrogens with zero attached hydrogens (tertiary/aromatic N) is 2. The fourth-order valence-corrected chi connectivity index (χ4v) is 1.67. The summed E-state index contributed by atoms with van der Waals surface area (Å²) in [7, 11) is 7.30. The Morgan fingerprint density at radius 3 is 2.56 bits per heavy atom. The lowest BCUT2D eigenvalue weighted by molar-refractivity contribution is -0.653. The maximum atomic E-state index is 11.6. The maximum absolute atomic E-state index is 11.6. The summed E-state index contributed by atoms with van der Waals surface area (Å²) in [6.45, 7) is 4.03. The predicted molar refractivity (Wildman–Crippen MR) is 62.6 cm³/mol. The van der Waals surface area contributed by atoms with Gasteiger partial charge in [0.15, 0.2) is 0 Å². The van der Waals surface area contributed by atoms with E-state index < -0.39 is 0 Å². The summed E-state index contributed by atoms with van der Waals surface area (Å²) in [5.74, 6) is -0.164. The van der Waals surface area contributed by atoms with Gasteiger partial charge in [0.1, 0.15) is 12.4 Å². The summed E-state index contributed by atoms with van der Waals surface area (Å²) in [6.07, 6.45) is 3.92. The van der Waals surface area contributed by atoms with Crippen LogP contribution in [0.15, 0.2) is 12.4 Å². The van der Waals surface area contributed by atoms with Crippen LogP contribution in [0.4, 0.5) is 0 Å². The van der Waals surface area contributed by atoms with E-state index in [4.69, 9.17) is 4.74 Å². The van der Waals surface area contributed by atoms with Gasteiger partial charge in [0, 0.05) is 5.72 Å². The van der Waals surface area contributed by atoms with Gasteiger partial charge in [-0.25, -0.2) is 0 Å². The van der Waals surface area contributed by atoms with Crippen LogP contribution in [0.5, 0.6) is 0 Å². The van der Waals surface area contributed by atoms with Crippen molar-refractivity contribution in [2.24, 2.45) is 20.0 Å². The molecule has 0 fully saturated rings. The van der Waals surface area contributed by atoms with Crippen LogP contribution in [-0.2, 0) is 23.6 Å². The van der Waals surface area contributed by atoms with Crippen molar-refractivity contribution in [3.63, 3.8) is 0 Å². The zero-order valence-corrected chi connectivity index (χ0v) is 10.6. The molecular weight excluding hydrogens is 203 g/mol. The number of aromatic nitrogens is 2. The Kier molecular flexibility index (Phi) is 4.15. The Bertz CT molecular complexity index is 355. The third kappa shape index (κ3) is 2.65. The van der Waals surface area contributed by atoms with Crippen LogP contribution in [0.3, 0.4) is 0 Å². The van der Waals surface area contributed by atoms with Gasteiger partial charge in [-0.05, 0) is 0 Å². The van der Waals surface area contributed by atoms with Crippen molar-refractivity contribution in [2.45, 2.75) is 19.7 Å². The quantitative estimate of drug-likeness (QED) is 0.401. The normalized spacial score (nSPS) is 12.9. The van der Waals surface area contributed by atoms with Gasteiger partial charge in [0.25, 0.3) is 5.97 Å². The van der Waals surface area contributed by atoms with Crippen molar-refractivity contribution in [2.75, 3.05) is 7.11 Å². The third-order valence-electron chi connectivity index (χ3n) is 2.76. The van der Waals surface area contributed by atoms with Gasteiger partial charge in [-0.15, -0.1) is 5.82 Å². The largest absolute Gasteiger partial charge is 0.471 e. The van der Waals surface area contributed by atoms with Gasteiger partial charge >= 0.3 is 0 Å². The van der Waals surface area contributed by atoms with Crippen LogP contribution in [0.2, 0.25) is 5.82 Å². The highest BCUT2D eigenvalue weighted by Gasteiger charge is 2.16. The number of aryl methyl sites for hydroxylation is 2. The highest BCUT2D eigenvalue weighted by molar-refractivity contribution is 6.56. The zero-order chi connectivity index (χ0) is 12.3. The van der Waals surface area contributed by atoms with E-state index in [2.05, 4.69) is 0 Å². The number of carbonyl (C=O) groups excluding carboxylic acids is 1. The Labute approximate surface area is 97.5 Å². The first-order valence-electron chi connectivity index (χ1n) is 5.41. The fourth-order valence-electron chi connectivity index (χ4n) is 1.67. The molecule has 5 heteroatoms. The molecule has 0 saturated carbocycles. The molecule has 0 spiro atoms. The van der Waals surface area contributed by atoms with Crippen molar-refractivity contribution >= 4 is 19.0 Å². The highest BCUT2D eigenvalue weighted by Crippen LogP contribution is 2.17. The van der Waals surface area contributed by atoms with Gasteiger partial charge in [-0.3, -0.25) is 13.9 Å². The first-order chi connectivity index (χ1) is 7.47. The molecule has 0 N–H and O–H groups in total. The monoisotopic (exact) mass is 222 g/mol. The molecule has 16 heavy (non-hydrogen) atoms. The van der Waals surface area contributed by atoms with Crippen LogP contribution in [0, 0.1) is 5.92 Å². The van der Waals surface area contributed by atoms with E-state index in [0.717, 1.165) is 5.72 Å². The smallest absolute Gasteiger partial charge is 0.268 e. The lowest BCUT2D eigenvalue weighted by Crippen LogP contribution is -2.52. The Morgan fingerprint density at radius 1 is 1.56 bits per heavy atom. The second-order valence-electron chi connectivity index (χ2n) is 4.34. The van der Waals surface area contributed by atoms with Gasteiger partial charge < -0.3 is 4.74 Å². The van der Waals surface area contributed by atoms with Crippen LogP contribution in [-0.4, -0.2) is 24.9 Å². The van der Waals surface area contributed by atoms with E-state index in [1.807, 2.05) is 56.8 Å². The van der Waals surface area contributed by atoms with E-state index in [1.54, 1.807) is 0 Å². The third-order valence-corrected chi connectivity index (χ3v) is 2.76. The Morgan fingerprint density at radius 2 is 2.19 bits per heavy atom. The number of carbonyl (C=O) groups is 1. The molecule has 4 nitrogen and oxygen atoms in total. The van der Waals surface area contributed by atoms with Gasteiger partial charge in [-0.1, -0.05) is 19.8 Å². The number of esters is 1. The molecule has 1 unspecified atom stereocenters. The summed E-state index contributed by atoms with van der Waals surface area (Å²) < 4.78 is 8.78. The van der Waals surface area contributed by atoms with Gasteiger partial charge in [0.2, 0.25) is 0 Å². The molecular formula is C11H19BN2O2. The minimum atomic E-state index is -0.204. The molecule has 2 radical (unpaired) electrons. The molecule has 0 aliphatic heterocycles. The van der Waals surface area contributed by atoms with Crippen LogP contribution < -0.4 is 10.3 Å². The van der Waals surface area contributed by atoms with Crippen molar-refractivity contribution in [1.82, 2.24) is 4.57 Å². The number of methoxy groups -OCH3 is 1. The number of hydrogen-bond acceptors (Lipinski definition) is 2. The molecule has 0 amide bonds. The molecule has 0 aromatic carbocycles. The lowest BCUT2D eigenvalue weighted by atomic mass is 9.59. The summed E-state index contributed by atoms with van der Waals surface area (Å²) in [5.41, 5.74) is 1.00. The molecule has 1 rings (SSSR count). The summed E-state index contributed by atoms with van der Waals surface area (Å²) in [4.78, 5) is 11.6. The minimum absolute atomic E-state index is 0.184. The Balaban J connectivity index is 2.88. The molecule has 0 saturated heterocycles. The van der Waals surface area contributed by atoms with Crippen LogP contribution >= 0.6 is 0 Å². The highest BCUT2D eigenvalue weighted by atomic mass is 16.5. The summed E-state index contributed by atoms with van der Waals surface area (Å²) in [6, 6.07) is 0. The molecule has 88 valence electrons. The van der Waals surface area contributed by atoms with E-state index >= 15 is 0 Å². The number of rotatable bonds is 4. The summed E-state index contributed by atoms with van der Waals surface area (Å²) in [5, 5.41) is 0. The zero-order valence-electron chi connectivity index (χ0n) is 10.6. The number of ether oxygens (including phenoxy) is 1. The molecule has 0 bridgehead atoms. The van der Waals surface area contributed by atoms with Crippen molar-refractivity contribution in [1.29, 1.82) is 0 Å². The number of imidazole rings is 1. The second kappa shape index (κ2) is 5.19. The first-order valence-corrected chi connectivity index (χ1v) is 5.41. The SMILES string of the molecule is COC(=O)C([B-]c1n(C)cc[n+]1C)C(C)C. The van der Waals surface area contributed by atoms with E-state index in [9.17, 15) is 4.79 Å². The topological polar surface area (TPSA) is 35.1 Å². The summed E-state index contributed by atoms with van der Waals surface area (Å²) >= 11 is 0. The van der Waals surface area contributed by atoms with Gasteiger partial charge in [0.05, 0.1) is 21.2 Å². The van der Waals surface area contributed by atoms with Crippen LogP contribution in [0.1, 0.15) is 13.8 Å². The van der Waals surface area contributed by atoms with Gasteiger partial charge in [-0.2, -0.15) is 7.28 Å². The van der Waals surface area contributed by atoms with Crippen LogP contribution in [0.25, 0.3) is 0 Å². The first kappa shape index (κ1) is 12.8. The second-order valence-corrected chi connectivity index (χ2v) is 4.34. The van der Waals surface area contributed by atoms with E-state index in [0.29, 0.717) is 0 Å². The Hall–Kier alpha value is -1.26. The molecule has 1 aromatic rings. The van der Waals surface area contributed by atoms with Crippen molar-refractivity contribution in [3.8, 4) is 0 Å². The maximum Gasteiger partial charge on any atom is 0.268 e. The van der Waals surface area contributed by atoms with E-state index in [-0.39, 0.29) is 17.7 Å². The average Bonchev–Trinajstić information content (AvgIpc) is 2.54. The molecule has 0 aliphatic carbocycles. The lowest BCUT2D eigenvalue weighted by Gasteiger charge is -2.27. The molecule has 1 atom stereocenters. The predicted octanol–water partition coefficient (Wildman–Crippen LogP) is -0.203. The average molecular weight is 222 g/mol. The van der Waals surface area contributed by atoms with E-state index in [1.165, 1.54) is 7.11 Å². The standard InChI is InChI=1S/C11H19BN2O2/c1-8(2)9(10(15)16-5)12-11-13(3)6-7-14(11)4/h6-9H,1-5H3. The van der Waals surface area contributed by atoms with Crippen molar-refractivity contribution < 1.29 is 14.1 Å². The molecule has 1 aromatic heterocycles. The van der Waals surface area contributed by atoms with Crippen molar-refractivity contribution in [3.05, 3.63) is 12.4 Å². The molecule has 0 aliphatic rings. The fraction of sp³-hybridized carbons (Fsp3) is 0.636.